The molecule has 1 saturated heterocycles. The number of morpholine rings is 1. The van der Waals surface area contributed by atoms with Crippen LogP contribution >= 0.6 is 0 Å². The Morgan fingerprint density at radius 1 is 1.05 bits per heavy atom. The predicted octanol–water partition coefficient (Wildman–Crippen LogP) is 2.67. The molecule has 2 aromatic carbocycles. The molecule has 1 unspecified atom stereocenters. The van der Waals surface area contributed by atoms with Gasteiger partial charge in [0.15, 0.2) is 5.60 Å². The summed E-state index contributed by atoms with van der Waals surface area (Å²) in [5.41, 5.74) is -4.93. The van der Waals surface area contributed by atoms with Gasteiger partial charge in [-0.25, -0.2) is 22.2 Å². The minimum atomic E-state index is -3.79. The molecule has 0 amide bonds. The molecule has 41 heavy (non-hydrogen) atoms. The fraction of sp³-hybridized carbons (Fsp3) is 0.536. The lowest BCUT2D eigenvalue weighted by Crippen LogP contribution is -2.76. The third kappa shape index (κ3) is 4.78. The summed E-state index contributed by atoms with van der Waals surface area (Å²) >= 11 is 0. The molecule has 4 aliphatic rings. The molecule has 0 radical (unpaired) electrons. The second-order valence-electron chi connectivity index (χ2n) is 11.6. The Balaban J connectivity index is 1.13. The Bertz CT molecular complexity index is 1350. The molecule has 0 spiro atoms. The number of aliphatic hydroxyl groups excluding tert-OH is 1. The largest absolute Gasteiger partial charge is 0.491 e. The third-order valence-electron chi connectivity index (χ3n) is 8.86. The highest BCUT2D eigenvalue weighted by Gasteiger charge is 2.82. The van der Waals surface area contributed by atoms with Crippen molar-refractivity contribution in [3.8, 4) is 5.75 Å². The number of tetrazole rings is 1. The van der Waals surface area contributed by atoms with E-state index in [9.17, 15) is 19.0 Å². The molecule has 2 N–H and O–H groups in total. The van der Waals surface area contributed by atoms with Gasteiger partial charge in [0.2, 0.25) is 0 Å². The fourth-order valence-electron chi connectivity index (χ4n) is 6.76. The van der Waals surface area contributed by atoms with E-state index in [1.165, 1.54) is 0 Å². The average Bonchev–Trinajstić information content (AvgIpc) is 3.40. The maximum Gasteiger partial charge on any atom is 0.287 e. The van der Waals surface area contributed by atoms with Gasteiger partial charge in [0.05, 0.1) is 19.8 Å². The van der Waals surface area contributed by atoms with E-state index in [1.54, 1.807) is 12.1 Å². The molecule has 1 aromatic heterocycles. The van der Waals surface area contributed by atoms with Gasteiger partial charge in [-0.15, -0.1) is 5.10 Å². The summed E-state index contributed by atoms with van der Waals surface area (Å²) in [6.07, 6.45) is 0.660. The summed E-state index contributed by atoms with van der Waals surface area (Å²) in [6, 6.07) is 9.34. The Morgan fingerprint density at radius 2 is 1.76 bits per heavy atom. The minimum Gasteiger partial charge on any atom is -0.491 e. The first-order valence-electron chi connectivity index (χ1n) is 13.5. The summed E-state index contributed by atoms with van der Waals surface area (Å²) in [5.74, 6) is -5.44. The molecular formula is C28H31F4N5O4. The summed E-state index contributed by atoms with van der Waals surface area (Å²) < 4.78 is 73.1. The van der Waals surface area contributed by atoms with Gasteiger partial charge in [-0.3, -0.25) is 4.90 Å². The molecule has 220 valence electrons. The molecule has 2 atom stereocenters. The number of nitrogens with zero attached hydrogens (tertiary/aromatic N) is 5. The molecule has 2 bridgehead atoms. The second kappa shape index (κ2) is 10.3. The van der Waals surface area contributed by atoms with Gasteiger partial charge >= 0.3 is 0 Å². The van der Waals surface area contributed by atoms with Crippen LogP contribution in [0.15, 0.2) is 48.8 Å². The molecule has 3 saturated carbocycles. The number of aliphatic hydroxyl groups is 2. The highest BCUT2D eigenvalue weighted by atomic mass is 19.3. The van der Waals surface area contributed by atoms with E-state index >= 15 is 8.78 Å². The first-order valence-corrected chi connectivity index (χ1v) is 13.5. The van der Waals surface area contributed by atoms with Gasteiger partial charge in [-0.05, 0) is 64.9 Å². The van der Waals surface area contributed by atoms with Gasteiger partial charge < -0.3 is 19.7 Å². The molecule has 9 nitrogen and oxygen atoms in total. The monoisotopic (exact) mass is 577 g/mol. The first kappa shape index (κ1) is 28.0. The smallest absolute Gasteiger partial charge is 0.287 e. The zero-order chi connectivity index (χ0) is 28.9. The number of alkyl halides is 2. The van der Waals surface area contributed by atoms with E-state index in [-0.39, 0.29) is 25.9 Å². The molecule has 4 fully saturated rings. The normalized spacial score (nSPS) is 26.5. The summed E-state index contributed by atoms with van der Waals surface area (Å²) in [6.45, 7) is 2.62. The van der Waals surface area contributed by atoms with Crippen LogP contribution in [-0.4, -0.2) is 86.8 Å². The van der Waals surface area contributed by atoms with Gasteiger partial charge in [0.1, 0.15) is 36.4 Å². The van der Waals surface area contributed by atoms with Gasteiger partial charge in [-0.1, -0.05) is 12.1 Å². The number of β-amino-alcohol motifs (C(OH)–C–C–N with tert-alkyl or cyclic N) is 1. The van der Waals surface area contributed by atoms with Gasteiger partial charge in [0, 0.05) is 36.7 Å². The maximum absolute atomic E-state index is 16.3. The second-order valence-corrected chi connectivity index (χ2v) is 11.6. The van der Waals surface area contributed by atoms with Crippen LogP contribution in [0, 0.1) is 17.0 Å². The van der Waals surface area contributed by atoms with Gasteiger partial charge in [0.25, 0.3) is 5.92 Å². The van der Waals surface area contributed by atoms with Crippen molar-refractivity contribution in [1.29, 1.82) is 0 Å². The lowest BCUT2D eigenvalue weighted by molar-refractivity contribution is -0.347. The fourth-order valence-corrected chi connectivity index (χ4v) is 6.76. The van der Waals surface area contributed by atoms with Crippen LogP contribution in [-0.2, 0) is 22.3 Å². The first-order chi connectivity index (χ1) is 19.6. The Hall–Kier alpha value is -3.13. The van der Waals surface area contributed by atoms with Crippen LogP contribution in [0.4, 0.5) is 17.6 Å². The third-order valence-corrected chi connectivity index (χ3v) is 8.86. The Morgan fingerprint density at radius 3 is 2.39 bits per heavy atom. The SMILES string of the molecule is O[C@H](COc1ccc(C23CC(C(F)(F)C(O)(Cn4cnnn4)c4ccc(F)cc4F)(C2)C3)cc1)CN1CCOCC1. The van der Waals surface area contributed by atoms with Crippen molar-refractivity contribution in [2.24, 2.45) is 5.41 Å². The number of halogens is 4. The van der Waals surface area contributed by atoms with E-state index in [0.29, 0.717) is 31.6 Å². The molecule has 7 rings (SSSR count). The van der Waals surface area contributed by atoms with E-state index in [4.69, 9.17) is 9.47 Å². The quantitative estimate of drug-likeness (QED) is 0.336. The van der Waals surface area contributed by atoms with Crippen LogP contribution < -0.4 is 4.74 Å². The number of rotatable bonds is 11. The number of hydrogen-bond donors (Lipinski definition) is 2. The molecular weight excluding hydrogens is 546 g/mol. The van der Waals surface area contributed by atoms with Crippen molar-refractivity contribution in [1.82, 2.24) is 25.1 Å². The minimum absolute atomic E-state index is 0.0895. The summed E-state index contributed by atoms with van der Waals surface area (Å²) in [7, 11) is 0. The van der Waals surface area contributed by atoms with Crippen molar-refractivity contribution in [3.05, 3.63) is 71.6 Å². The van der Waals surface area contributed by atoms with Crippen molar-refractivity contribution in [3.63, 3.8) is 0 Å². The lowest BCUT2D eigenvalue weighted by Gasteiger charge is -2.74. The number of hydrogen-bond acceptors (Lipinski definition) is 8. The lowest BCUT2D eigenvalue weighted by atomic mass is 9.30. The molecule has 2 heterocycles. The van der Waals surface area contributed by atoms with Crippen LogP contribution in [0.25, 0.3) is 0 Å². The topological polar surface area (TPSA) is 106 Å². The Kier molecular flexibility index (Phi) is 7.04. The average molecular weight is 578 g/mol. The highest BCUT2D eigenvalue weighted by Crippen LogP contribution is 2.80. The number of benzene rings is 2. The van der Waals surface area contributed by atoms with E-state index in [2.05, 4.69) is 20.4 Å². The zero-order valence-electron chi connectivity index (χ0n) is 22.2. The van der Waals surface area contributed by atoms with E-state index in [1.807, 2.05) is 12.1 Å². The zero-order valence-corrected chi connectivity index (χ0v) is 22.2. The van der Waals surface area contributed by atoms with E-state index < -0.39 is 52.2 Å². The summed E-state index contributed by atoms with van der Waals surface area (Å²) in [5, 5.41) is 32.2. The predicted molar refractivity (Wildman–Crippen MR) is 136 cm³/mol. The van der Waals surface area contributed by atoms with E-state index in [0.717, 1.165) is 41.8 Å². The van der Waals surface area contributed by atoms with Crippen LogP contribution in [0.5, 0.6) is 5.75 Å². The number of ether oxygens (including phenoxy) is 2. The molecule has 3 aliphatic carbocycles. The van der Waals surface area contributed by atoms with Gasteiger partial charge in [-0.2, -0.15) is 0 Å². The van der Waals surface area contributed by atoms with Crippen LogP contribution in [0.3, 0.4) is 0 Å². The van der Waals surface area contributed by atoms with Crippen molar-refractivity contribution < 1.29 is 37.2 Å². The van der Waals surface area contributed by atoms with Crippen LogP contribution in [0.2, 0.25) is 0 Å². The van der Waals surface area contributed by atoms with Crippen molar-refractivity contribution >= 4 is 0 Å². The van der Waals surface area contributed by atoms with Crippen molar-refractivity contribution in [2.75, 3.05) is 39.5 Å². The standard InChI is InChI=1S/C28H31F4N5O4/c29-20-3-6-23(24(30)11-20)27(39,17-37-18-33-34-35-37)28(31,32)26-14-25(15-26,16-26)19-1-4-22(5-2-19)41-13-21(38)12-36-7-9-40-10-8-36/h1-6,11,18,21,38-39H,7-10,12-17H2/t21-,25?,26?,27?/m0/s1. The Labute approximate surface area is 233 Å². The molecule has 1 aliphatic heterocycles. The van der Waals surface area contributed by atoms with Crippen LogP contribution in [0.1, 0.15) is 30.4 Å². The molecule has 13 heteroatoms. The maximum atomic E-state index is 16.3. The molecule has 3 aromatic rings. The van der Waals surface area contributed by atoms with Crippen molar-refractivity contribution in [2.45, 2.75) is 48.8 Å². The number of aromatic nitrogens is 4. The summed E-state index contributed by atoms with van der Waals surface area (Å²) in [4.78, 5) is 2.11. The highest BCUT2D eigenvalue weighted by molar-refractivity contribution is 5.44.